The maximum atomic E-state index is 12.2. The van der Waals surface area contributed by atoms with Crippen LogP contribution in [0.5, 0.6) is 0 Å². The Labute approximate surface area is 196 Å². The zero-order valence-corrected chi connectivity index (χ0v) is 20.2. The second-order valence-corrected chi connectivity index (χ2v) is 8.30. The minimum absolute atomic E-state index is 0.0147. The number of carbonyl (C=O) groups excluding carboxylic acids is 1. The van der Waals surface area contributed by atoms with Crippen molar-refractivity contribution in [1.29, 1.82) is 0 Å². The number of nitrogens with one attached hydrogen (secondary N) is 2. The molecule has 174 valence electrons. The van der Waals surface area contributed by atoms with Gasteiger partial charge in [0.25, 0.3) is 5.91 Å². The minimum Gasteiger partial charge on any atom is -0.356 e. The summed E-state index contributed by atoms with van der Waals surface area (Å²) in [6.07, 6.45) is 0.794. The largest absolute Gasteiger partial charge is 0.356 e. The lowest BCUT2D eigenvalue weighted by molar-refractivity contribution is 0.0827. The second kappa shape index (κ2) is 11.3. The third-order valence-electron chi connectivity index (χ3n) is 5.65. The number of aliphatic imine (C=N–C) groups is 1. The fourth-order valence-electron chi connectivity index (χ4n) is 3.74. The number of nitrogens with zero attached hydrogens (tertiary/aromatic N) is 4. The SMILES string of the molecule is CN=C(NCCc1cccc(C(=O)N(C)C)c1)NCc1c(C)nn(Cc2ccccc2)c1C. The van der Waals surface area contributed by atoms with Gasteiger partial charge in [0.05, 0.1) is 12.2 Å². The van der Waals surface area contributed by atoms with Gasteiger partial charge in [-0.05, 0) is 43.5 Å². The Morgan fingerprint density at radius 2 is 1.76 bits per heavy atom. The average Bonchev–Trinajstić information content (AvgIpc) is 3.08. The molecule has 0 atom stereocenters. The molecule has 1 amide bonds. The van der Waals surface area contributed by atoms with E-state index in [0.717, 1.165) is 35.9 Å². The molecule has 0 aliphatic carbocycles. The number of hydrogen-bond acceptors (Lipinski definition) is 3. The van der Waals surface area contributed by atoms with Crippen LogP contribution in [-0.2, 0) is 19.5 Å². The van der Waals surface area contributed by atoms with E-state index < -0.39 is 0 Å². The van der Waals surface area contributed by atoms with Gasteiger partial charge in [-0.15, -0.1) is 0 Å². The van der Waals surface area contributed by atoms with Crippen molar-refractivity contribution in [2.24, 2.45) is 4.99 Å². The lowest BCUT2D eigenvalue weighted by Crippen LogP contribution is -2.38. The number of aryl methyl sites for hydroxylation is 1. The summed E-state index contributed by atoms with van der Waals surface area (Å²) in [5.74, 6) is 0.756. The van der Waals surface area contributed by atoms with E-state index in [1.165, 1.54) is 11.1 Å². The Morgan fingerprint density at radius 3 is 2.45 bits per heavy atom. The predicted octanol–water partition coefficient (Wildman–Crippen LogP) is 3.16. The normalized spacial score (nSPS) is 11.4. The molecule has 0 spiro atoms. The molecule has 1 heterocycles. The number of benzene rings is 2. The second-order valence-electron chi connectivity index (χ2n) is 8.30. The van der Waals surface area contributed by atoms with E-state index in [1.54, 1.807) is 26.0 Å². The first-order valence-corrected chi connectivity index (χ1v) is 11.2. The molecule has 0 aliphatic heterocycles. The van der Waals surface area contributed by atoms with Gasteiger partial charge in [-0.1, -0.05) is 42.5 Å². The first kappa shape index (κ1) is 24.0. The van der Waals surface area contributed by atoms with Gasteiger partial charge in [0.15, 0.2) is 5.96 Å². The first-order valence-electron chi connectivity index (χ1n) is 11.2. The summed E-state index contributed by atoms with van der Waals surface area (Å²) in [4.78, 5) is 18.1. The van der Waals surface area contributed by atoms with Gasteiger partial charge in [-0.2, -0.15) is 5.10 Å². The fraction of sp³-hybridized carbons (Fsp3) is 0.346. The summed E-state index contributed by atoms with van der Waals surface area (Å²) in [5.41, 5.74) is 6.41. The van der Waals surface area contributed by atoms with Crippen LogP contribution >= 0.6 is 0 Å². The highest BCUT2D eigenvalue weighted by Crippen LogP contribution is 2.15. The third kappa shape index (κ3) is 6.44. The summed E-state index contributed by atoms with van der Waals surface area (Å²) in [7, 11) is 5.30. The van der Waals surface area contributed by atoms with E-state index in [1.807, 2.05) is 37.3 Å². The molecule has 0 fully saturated rings. The molecule has 0 radical (unpaired) electrons. The van der Waals surface area contributed by atoms with Gasteiger partial charge in [0.1, 0.15) is 0 Å². The van der Waals surface area contributed by atoms with Crippen LogP contribution in [0.4, 0.5) is 0 Å². The summed E-state index contributed by atoms with van der Waals surface area (Å²) in [6, 6.07) is 18.1. The van der Waals surface area contributed by atoms with Crippen LogP contribution in [0.1, 0.15) is 38.4 Å². The molecular formula is C26H34N6O. The van der Waals surface area contributed by atoms with Gasteiger partial charge in [-0.25, -0.2) is 0 Å². The molecule has 1 aromatic heterocycles. The van der Waals surface area contributed by atoms with Crippen molar-refractivity contribution in [2.75, 3.05) is 27.7 Å². The smallest absolute Gasteiger partial charge is 0.253 e. The summed E-state index contributed by atoms with van der Waals surface area (Å²) >= 11 is 0. The zero-order chi connectivity index (χ0) is 23.8. The van der Waals surface area contributed by atoms with E-state index in [2.05, 4.69) is 51.5 Å². The maximum absolute atomic E-state index is 12.2. The Bertz CT molecular complexity index is 1100. The van der Waals surface area contributed by atoms with E-state index in [4.69, 9.17) is 5.10 Å². The van der Waals surface area contributed by atoms with Gasteiger partial charge in [0.2, 0.25) is 0 Å². The minimum atomic E-state index is 0.0147. The maximum Gasteiger partial charge on any atom is 0.253 e. The Hall–Kier alpha value is -3.61. The number of hydrogen-bond donors (Lipinski definition) is 2. The molecule has 0 aliphatic rings. The molecule has 7 nitrogen and oxygen atoms in total. The Balaban J connectivity index is 1.54. The van der Waals surface area contributed by atoms with Crippen molar-refractivity contribution >= 4 is 11.9 Å². The summed E-state index contributed by atoms with van der Waals surface area (Å²) in [6.45, 7) is 6.28. The number of amides is 1. The quantitative estimate of drug-likeness (QED) is 0.412. The number of carbonyl (C=O) groups is 1. The fourth-order valence-corrected chi connectivity index (χ4v) is 3.74. The van der Waals surface area contributed by atoms with Crippen LogP contribution in [0.3, 0.4) is 0 Å². The van der Waals surface area contributed by atoms with Crippen molar-refractivity contribution in [3.05, 3.63) is 88.2 Å². The monoisotopic (exact) mass is 446 g/mol. The standard InChI is InChI=1S/C26H34N6O/c1-19-24(20(2)32(30-19)18-22-10-7-6-8-11-22)17-29-26(27-3)28-15-14-21-12-9-13-23(16-21)25(33)31(4)5/h6-13,16H,14-15,17-18H2,1-5H3,(H2,27,28,29). The van der Waals surface area contributed by atoms with Gasteiger partial charge >= 0.3 is 0 Å². The van der Waals surface area contributed by atoms with Crippen LogP contribution in [0.2, 0.25) is 0 Å². The Kier molecular flexibility index (Phi) is 8.24. The molecule has 0 bridgehead atoms. The van der Waals surface area contributed by atoms with Crippen LogP contribution in [0, 0.1) is 13.8 Å². The van der Waals surface area contributed by atoms with Crippen LogP contribution in [0.15, 0.2) is 59.6 Å². The van der Waals surface area contributed by atoms with Gasteiger partial charge in [0, 0.05) is 51.1 Å². The predicted molar refractivity (Wildman–Crippen MR) is 134 cm³/mol. The highest BCUT2D eigenvalue weighted by molar-refractivity contribution is 5.94. The molecular weight excluding hydrogens is 412 g/mol. The van der Waals surface area contributed by atoms with E-state index in [9.17, 15) is 4.79 Å². The summed E-state index contributed by atoms with van der Waals surface area (Å²) < 4.78 is 2.06. The molecule has 7 heteroatoms. The molecule has 0 saturated carbocycles. The molecule has 2 aromatic carbocycles. The van der Waals surface area contributed by atoms with Crippen LogP contribution < -0.4 is 10.6 Å². The number of aromatic nitrogens is 2. The topological polar surface area (TPSA) is 74.6 Å². The highest BCUT2D eigenvalue weighted by Gasteiger charge is 2.12. The molecule has 33 heavy (non-hydrogen) atoms. The molecule has 3 aromatic rings. The van der Waals surface area contributed by atoms with Gasteiger partial charge in [-0.3, -0.25) is 14.5 Å². The van der Waals surface area contributed by atoms with E-state index in [-0.39, 0.29) is 5.91 Å². The van der Waals surface area contributed by atoms with Crippen molar-refractivity contribution in [3.8, 4) is 0 Å². The number of rotatable bonds is 8. The molecule has 2 N–H and O–H groups in total. The molecule has 0 saturated heterocycles. The van der Waals surface area contributed by atoms with Crippen molar-refractivity contribution in [2.45, 2.75) is 33.4 Å². The highest BCUT2D eigenvalue weighted by atomic mass is 16.2. The molecule has 3 rings (SSSR count). The lowest BCUT2D eigenvalue weighted by Gasteiger charge is -2.13. The average molecular weight is 447 g/mol. The Morgan fingerprint density at radius 1 is 1.03 bits per heavy atom. The first-order chi connectivity index (χ1) is 15.9. The molecule has 0 unspecified atom stereocenters. The van der Waals surface area contributed by atoms with E-state index in [0.29, 0.717) is 18.7 Å². The third-order valence-corrected chi connectivity index (χ3v) is 5.65. The van der Waals surface area contributed by atoms with Crippen molar-refractivity contribution in [3.63, 3.8) is 0 Å². The van der Waals surface area contributed by atoms with Crippen molar-refractivity contribution < 1.29 is 4.79 Å². The summed E-state index contributed by atoms with van der Waals surface area (Å²) in [5, 5.41) is 11.5. The van der Waals surface area contributed by atoms with E-state index >= 15 is 0 Å². The van der Waals surface area contributed by atoms with Crippen molar-refractivity contribution in [1.82, 2.24) is 25.3 Å². The zero-order valence-electron chi connectivity index (χ0n) is 20.2. The van der Waals surface area contributed by atoms with Crippen LogP contribution in [0.25, 0.3) is 0 Å². The number of guanidine groups is 1. The van der Waals surface area contributed by atoms with Gasteiger partial charge < -0.3 is 15.5 Å². The lowest BCUT2D eigenvalue weighted by atomic mass is 10.1. The van der Waals surface area contributed by atoms with Crippen LogP contribution in [-0.4, -0.2) is 54.2 Å².